The van der Waals surface area contributed by atoms with Crippen molar-refractivity contribution in [2.24, 2.45) is 0 Å². The number of nitriles is 1. The van der Waals surface area contributed by atoms with E-state index in [9.17, 15) is 9.18 Å². The minimum absolute atomic E-state index is 0.251. The van der Waals surface area contributed by atoms with E-state index in [1.807, 2.05) is 6.07 Å². The number of aromatic nitrogens is 2. The predicted molar refractivity (Wildman–Crippen MR) is 60.1 cm³/mol. The molecule has 1 aromatic carbocycles. The number of benzene rings is 1. The van der Waals surface area contributed by atoms with Gasteiger partial charge in [0.1, 0.15) is 5.82 Å². The van der Waals surface area contributed by atoms with E-state index in [1.54, 1.807) is 0 Å². The van der Waals surface area contributed by atoms with Gasteiger partial charge in [0.25, 0.3) is 5.56 Å². The number of aromatic amines is 1. The van der Waals surface area contributed by atoms with E-state index in [2.05, 4.69) is 9.97 Å². The van der Waals surface area contributed by atoms with E-state index in [1.165, 1.54) is 24.4 Å². The lowest BCUT2D eigenvalue weighted by atomic mass is 10.2. The molecule has 17 heavy (non-hydrogen) atoms. The van der Waals surface area contributed by atoms with Gasteiger partial charge in [-0.2, -0.15) is 5.26 Å². The molecule has 6 heteroatoms. The molecular weight excluding hydrogens is 241 g/mol. The van der Waals surface area contributed by atoms with Crippen LogP contribution in [0.5, 0.6) is 0 Å². The lowest BCUT2D eigenvalue weighted by molar-refractivity contribution is 0.601. The van der Waals surface area contributed by atoms with Gasteiger partial charge in [-0.15, -0.1) is 0 Å². The van der Waals surface area contributed by atoms with Gasteiger partial charge < -0.3 is 4.98 Å². The van der Waals surface area contributed by atoms with Crippen molar-refractivity contribution in [1.82, 2.24) is 9.97 Å². The van der Waals surface area contributed by atoms with Crippen LogP contribution in [0.4, 0.5) is 4.39 Å². The first-order valence-corrected chi connectivity index (χ1v) is 5.43. The van der Waals surface area contributed by atoms with E-state index in [0.29, 0.717) is 10.1 Å². The summed E-state index contributed by atoms with van der Waals surface area (Å²) in [5.41, 5.74) is -0.0436. The lowest BCUT2D eigenvalue weighted by Crippen LogP contribution is -2.05. The molecule has 0 aliphatic rings. The predicted octanol–water partition coefficient (Wildman–Crippen LogP) is 1.93. The van der Waals surface area contributed by atoms with Crippen molar-refractivity contribution in [3.8, 4) is 6.07 Å². The molecule has 4 nitrogen and oxygen atoms in total. The van der Waals surface area contributed by atoms with Gasteiger partial charge >= 0.3 is 0 Å². The molecule has 0 aliphatic carbocycles. The maximum absolute atomic E-state index is 13.5. The van der Waals surface area contributed by atoms with Gasteiger partial charge in [0, 0.05) is 12.3 Å². The minimum atomic E-state index is -0.513. The largest absolute Gasteiger partial charge is 0.301 e. The summed E-state index contributed by atoms with van der Waals surface area (Å²) in [5.74, 6) is -0.513. The van der Waals surface area contributed by atoms with Crippen molar-refractivity contribution in [2.45, 2.75) is 10.1 Å². The quantitative estimate of drug-likeness (QED) is 0.823. The molecule has 0 bridgehead atoms. The van der Waals surface area contributed by atoms with Crippen molar-refractivity contribution in [3.63, 3.8) is 0 Å². The van der Waals surface area contributed by atoms with Crippen LogP contribution in [0.15, 0.2) is 45.3 Å². The summed E-state index contributed by atoms with van der Waals surface area (Å²) >= 11 is 0.996. The van der Waals surface area contributed by atoms with Gasteiger partial charge in [-0.1, -0.05) is 0 Å². The number of hydrogen-bond donors (Lipinski definition) is 1. The smallest absolute Gasteiger partial charge is 0.251 e. The second kappa shape index (κ2) is 4.80. The van der Waals surface area contributed by atoms with Crippen LogP contribution < -0.4 is 5.56 Å². The molecular formula is C11H6FN3OS. The number of nitrogens with one attached hydrogen (secondary N) is 1. The van der Waals surface area contributed by atoms with Crippen molar-refractivity contribution < 1.29 is 4.39 Å². The topological polar surface area (TPSA) is 69.5 Å². The highest BCUT2D eigenvalue weighted by Gasteiger charge is 2.06. The molecule has 0 unspecified atom stereocenters. The third kappa shape index (κ3) is 2.71. The fourth-order valence-corrected chi connectivity index (χ4v) is 1.93. The van der Waals surface area contributed by atoms with Crippen LogP contribution >= 0.6 is 11.8 Å². The summed E-state index contributed by atoms with van der Waals surface area (Å²) in [6.07, 6.45) is 1.35. The molecule has 0 spiro atoms. The van der Waals surface area contributed by atoms with Crippen LogP contribution in [0.2, 0.25) is 0 Å². The van der Waals surface area contributed by atoms with Crippen LogP contribution in [-0.4, -0.2) is 9.97 Å². The molecule has 0 radical (unpaired) electrons. The summed E-state index contributed by atoms with van der Waals surface area (Å²) in [6.45, 7) is 0. The second-order valence-corrected chi connectivity index (χ2v) is 4.13. The first kappa shape index (κ1) is 11.4. The summed E-state index contributed by atoms with van der Waals surface area (Å²) in [7, 11) is 0. The molecule has 0 saturated carbocycles. The molecule has 2 rings (SSSR count). The molecule has 0 aliphatic heterocycles. The molecule has 0 saturated heterocycles. The molecule has 0 amide bonds. The molecule has 1 heterocycles. The van der Waals surface area contributed by atoms with E-state index < -0.39 is 5.82 Å². The van der Waals surface area contributed by atoms with Crippen LogP contribution in [0, 0.1) is 17.1 Å². The Labute approximate surface area is 100 Å². The van der Waals surface area contributed by atoms with Crippen molar-refractivity contribution in [1.29, 1.82) is 5.26 Å². The fourth-order valence-electron chi connectivity index (χ4n) is 1.16. The van der Waals surface area contributed by atoms with Gasteiger partial charge in [-0.25, -0.2) is 9.37 Å². The molecule has 84 valence electrons. The summed E-state index contributed by atoms with van der Waals surface area (Å²) < 4.78 is 13.5. The molecule has 0 atom stereocenters. The average Bonchev–Trinajstić information content (AvgIpc) is 2.32. The van der Waals surface area contributed by atoms with E-state index in [-0.39, 0.29) is 11.1 Å². The Morgan fingerprint density at radius 2 is 2.24 bits per heavy atom. The second-order valence-electron chi connectivity index (χ2n) is 3.10. The first-order valence-electron chi connectivity index (χ1n) is 4.62. The van der Waals surface area contributed by atoms with Crippen LogP contribution in [-0.2, 0) is 0 Å². The Morgan fingerprint density at radius 1 is 1.41 bits per heavy atom. The zero-order valence-corrected chi connectivity index (χ0v) is 9.29. The number of hydrogen-bond acceptors (Lipinski definition) is 4. The summed E-state index contributed by atoms with van der Waals surface area (Å²) in [5, 5.41) is 8.90. The average molecular weight is 247 g/mol. The third-order valence-corrected chi connectivity index (χ3v) is 2.87. The first-order chi connectivity index (χ1) is 8.19. The minimum Gasteiger partial charge on any atom is -0.301 e. The Bertz CT molecular complexity index is 648. The van der Waals surface area contributed by atoms with Gasteiger partial charge in [0.15, 0.2) is 5.16 Å². The van der Waals surface area contributed by atoms with Gasteiger partial charge in [-0.05, 0) is 30.0 Å². The highest BCUT2D eigenvalue weighted by atomic mass is 32.2. The lowest BCUT2D eigenvalue weighted by Gasteiger charge is -2.01. The Hall–Kier alpha value is -2.13. The standard InChI is InChI=1S/C11H6FN3OS/c12-8-5-7(6-13)1-2-9(8)17-11-14-4-3-10(16)15-11/h1-5H,(H,14,15,16). The normalized spacial score (nSPS) is 9.88. The van der Waals surface area contributed by atoms with Crippen molar-refractivity contribution in [3.05, 3.63) is 52.2 Å². The monoisotopic (exact) mass is 247 g/mol. The number of rotatable bonds is 2. The van der Waals surface area contributed by atoms with E-state index in [0.717, 1.165) is 17.8 Å². The third-order valence-electron chi connectivity index (χ3n) is 1.92. The Kier molecular flexibility index (Phi) is 3.21. The Morgan fingerprint density at radius 3 is 2.88 bits per heavy atom. The van der Waals surface area contributed by atoms with Crippen LogP contribution in [0.25, 0.3) is 0 Å². The number of H-pyrrole nitrogens is 1. The van der Waals surface area contributed by atoms with Gasteiger partial charge in [-0.3, -0.25) is 4.79 Å². The molecule has 2 aromatic rings. The maximum atomic E-state index is 13.5. The molecule has 1 N–H and O–H groups in total. The number of halogens is 1. The fraction of sp³-hybridized carbons (Fsp3) is 0. The molecule has 0 fully saturated rings. The van der Waals surface area contributed by atoms with Crippen molar-refractivity contribution >= 4 is 11.8 Å². The summed E-state index contributed by atoms with van der Waals surface area (Å²) in [6, 6.07) is 7.25. The zero-order valence-electron chi connectivity index (χ0n) is 8.48. The molecule has 1 aromatic heterocycles. The highest BCUT2D eigenvalue weighted by Crippen LogP contribution is 2.26. The SMILES string of the molecule is N#Cc1ccc(Sc2nccc(=O)[nH]2)c(F)c1. The van der Waals surface area contributed by atoms with Gasteiger partial charge in [0.2, 0.25) is 0 Å². The van der Waals surface area contributed by atoms with Crippen LogP contribution in [0.1, 0.15) is 5.56 Å². The summed E-state index contributed by atoms with van der Waals surface area (Å²) in [4.78, 5) is 17.7. The van der Waals surface area contributed by atoms with Gasteiger partial charge in [0.05, 0.1) is 16.5 Å². The highest BCUT2D eigenvalue weighted by molar-refractivity contribution is 7.99. The van der Waals surface area contributed by atoms with E-state index in [4.69, 9.17) is 5.26 Å². The number of nitrogens with zero attached hydrogens (tertiary/aromatic N) is 2. The van der Waals surface area contributed by atoms with Crippen molar-refractivity contribution in [2.75, 3.05) is 0 Å². The maximum Gasteiger partial charge on any atom is 0.251 e. The van der Waals surface area contributed by atoms with E-state index >= 15 is 0 Å². The Balaban J connectivity index is 2.31. The van der Waals surface area contributed by atoms with Crippen LogP contribution in [0.3, 0.4) is 0 Å². The zero-order chi connectivity index (χ0) is 12.3.